The summed E-state index contributed by atoms with van der Waals surface area (Å²) < 4.78 is 36.7. The third kappa shape index (κ3) is 10.5. The van der Waals surface area contributed by atoms with Crippen LogP contribution < -0.4 is 5.32 Å². The van der Waals surface area contributed by atoms with Crippen LogP contribution in [0, 0.1) is 18.7 Å². The van der Waals surface area contributed by atoms with Crippen LogP contribution in [0.1, 0.15) is 84.3 Å². The summed E-state index contributed by atoms with van der Waals surface area (Å²) in [6.07, 6.45) is 0.133. The van der Waals surface area contributed by atoms with Crippen molar-refractivity contribution in [3.8, 4) is 21.9 Å². The number of nitrogens with zero attached hydrogens (tertiary/aromatic N) is 3. The Morgan fingerprint density at radius 2 is 1.63 bits per heavy atom. The SMILES string of the molecule is CCOC(=O)c1c(S[C@@H](NC(=O)OC(C)(C)C)C(C)C)nc(CCc2ccc(F)cc2)c(-c2nnc(C)o2)c1-c1ccc(C(=O)OCc2ccccc2)s1. The highest BCUT2D eigenvalue weighted by atomic mass is 32.2. The minimum absolute atomic E-state index is 0.0645. The van der Waals surface area contributed by atoms with Gasteiger partial charge in [-0.1, -0.05) is 68.1 Å². The third-order valence-corrected chi connectivity index (χ3v) is 10.3. The number of nitrogens with one attached hydrogen (secondary N) is 1. The summed E-state index contributed by atoms with van der Waals surface area (Å²) in [4.78, 5) is 46.4. The van der Waals surface area contributed by atoms with E-state index in [0.717, 1.165) is 22.5 Å². The molecule has 1 atom stereocenters. The number of pyridine rings is 1. The fourth-order valence-corrected chi connectivity index (χ4v) is 7.40. The zero-order valence-electron chi connectivity index (χ0n) is 31.2. The number of ether oxygens (including phenoxy) is 3. The number of hydrogen-bond acceptors (Lipinski definition) is 12. The summed E-state index contributed by atoms with van der Waals surface area (Å²) in [7, 11) is 0. The van der Waals surface area contributed by atoms with Gasteiger partial charge in [0.2, 0.25) is 11.8 Å². The van der Waals surface area contributed by atoms with Crippen molar-refractivity contribution < 1.29 is 37.4 Å². The smallest absolute Gasteiger partial charge is 0.408 e. The van der Waals surface area contributed by atoms with E-state index in [1.54, 1.807) is 58.9 Å². The number of carbonyl (C=O) groups is 3. The highest BCUT2D eigenvalue weighted by molar-refractivity contribution is 7.99. The van der Waals surface area contributed by atoms with Crippen LogP contribution in [-0.4, -0.2) is 50.8 Å². The maximum atomic E-state index is 14.2. The Morgan fingerprint density at radius 3 is 2.26 bits per heavy atom. The maximum Gasteiger partial charge on any atom is 0.408 e. The molecule has 54 heavy (non-hydrogen) atoms. The highest BCUT2D eigenvalue weighted by Gasteiger charge is 2.33. The molecule has 1 amide bonds. The number of aryl methyl sites for hydroxylation is 3. The zero-order valence-corrected chi connectivity index (χ0v) is 32.9. The molecule has 0 aliphatic heterocycles. The molecule has 2 aromatic carbocycles. The predicted octanol–water partition coefficient (Wildman–Crippen LogP) is 9.23. The summed E-state index contributed by atoms with van der Waals surface area (Å²) in [5.41, 5.74) is 2.29. The van der Waals surface area contributed by atoms with Crippen molar-refractivity contribution in [1.29, 1.82) is 0 Å². The van der Waals surface area contributed by atoms with Gasteiger partial charge < -0.3 is 23.9 Å². The van der Waals surface area contributed by atoms with Gasteiger partial charge in [-0.15, -0.1) is 21.5 Å². The minimum Gasteiger partial charge on any atom is -0.462 e. The molecule has 0 radical (unpaired) electrons. The van der Waals surface area contributed by atoms with E-state index in [9.17, 15) is 18.8 Å². The molecule has 0 bridgehead atoms. The average molecular weight is 775 g/mol. The molecular formula is C40H43FN4O7S2. The largest absolute Gasteiger partial charge is 0.462 e. The van der Waals surface area contributed by atoms with Crippen LogP contribution in [0.15, 0.2) is 76.2 Å². The number of thioether (sulfide) groups is 1. The molecule has 14 heteroatoms. The van der Waals surface area contributed by atoms with Crippen LogP contribution in [0.5, 0.6) is 0 Å². The van der Waals surface area contributed by atoms with E-state index < -0.39 is 29.0 Å². The lowest BCUT2D eigenvalue weighted by molar-refractivity contribution is 0.0475. The number of amides is 1. The molecule has 0 unspecified atom stereocenters. The van der Waals surface area contributed by atoms with Crippen LogP contribution in [0.3, 0.4) is 0 Å². The predicted molar refractivity (Wildman–Crippen MR) is 205 cm³/mol. The third-order valence-electron chi connectivity index (χ3n) is 7.79. The maximum absolute atomic E-state index is 14.2. The van der Waals surface area contributed by atoms with Gasteiger partial charge in [0.25, 0.3) is 0 Å². The van der Waals surface area contributed by atoms with Crippen LogP contribution in [0.25, 0.3) is 21.9 Å². The second-order valence-corrected chi connectivity index (χ2v) is 15.8. The van der Waals surface area contributed by atoms with Gasteiger partial charge in [0, 0.05) is 17.4 Å². The molecule has 0 aliphatic rings. The number of carbonyl (C=O) groups excluding carboxylic acids is 3. The molecule has 5 rings (SSSR count). The first kappa shape index (κ1) is 40.1. The first-order chi connectivity index (χ1) is 25.7. The molecule has 11 nitrogen and oxygen atoms in total. The Kier molecular flexibility index (Phi) is 13.2. The lowest BCUT2D eigenvalue weighted by Crippen LogP contribution is -2.40. The van der Waals surface area contributed by atoms with Gasteiger partial charge >= 0.3 is 18.0 Å². The van der Waals surface area contributed by atoms with E-state index in [1.165, 1.54) is 23.9 Å². The number of esters is 2. The molecule has 0 saturated carbocycles. The Morgan fingerprint density at radius 1 is 0.907 bits per heavy atom. The quantitative estimate of drug-likeness (QED) is 0.0499. The van der Waals surface area contributed by atoms with Gasteiger partial charge in [-0.3, -0.25) is 0 Å². The van der Waals surface area contributed by atoms with E-state index in [4.69, 9.17) is 23.6 Å². The Hall–Kier alpha value is -5.08. The second-order valence-electron chi connectivity index (χ2n) is 13.6. The van der Waals surface area contributed by atoms with Gasteiger partial charge in [-0.2, -0.15) is 0 Å². The lowest BCUT2D eigenvalue weighted by atomic mass is 9.96. The molecule has 0 fully saturated rings. The van der Waals surface area contributed by atoms with Crippen LogP contribution in [0.2, 0.25) is 0 Å². The van der Waals surface area contributed by atoms with Crippen molar-refractivity contribution in [2.24, 2.45) is 5.92 Å². The summed E-state index contributed by atoms with van der Waals surface area (Å²) >= 11 is 2.31. The van der Waals surface area contributed by atoms with Gasteiger partial charge in [0.05, 0.1) is 23.2 Å². The molecule has 0 saturated heterocycles. The number of rotatable bonds is 14. The van der Waals surface area contributed by atoms with Crippen molar-refractivity contribution in [3.63, 3.8) is 0 Å². The number of benzene rings is 2. The molecule has 3 heterocycles. The fourth-order valence-electron chi connectivity index (χ4n) is 5.31. The normalized spacial score (nSPS) is 12.0. The van der Waals surface area contributed by atoms with Gasteiger partial charge in [-0.25, -0.2) is 23.8 Å². The molecular weight excluding hydrogens is 732 g/mol. The summed E-state index contributed by atoms with van der Waals surface area (Å²) in [5, 5.41) is 11.0. The number of alkyl carbamates (subject to hydrolysis) is 1. The second kappa shape index (κ2) is 17.8. The zero-order chi connectivity index (χ0) is 39.0. The van der Waals surface area contributed by atoms with E-state index in [2.05, 4.69) is 15.5 Å². The molecule has 1 N–H and O–H groups in total. The standard InChI is InChI=1S/C40H43FN4O7S2/c1-8-49-38(47)33-32(29-20-21-30(53-29)37(46)50-22-26-12-10-9-11-13-26)31(34-45-44-24(4)51-34)28(19-16-25-14-17-27(41)18-15-25)42-36(33)54-35(23(2)3)43-39(48)52-40(5,6)7/h9-15,17-18,20-21,23,35H,8,16,19,22H2,1-7H3,(H,43,48)/t35-/m1/s1. The molecule has 5 aromatic rings. The van der Waals surface area contributed by atoms with Gasteiger partial charge in [0.15, 0.2) is 0 Å². The van der Waals surface area contributed by atoms with Gasteiger partial charge in [-0.05, 0) is 81.8 Å². The first-order valence-electron chi connectivity index (χ1n) is 17.5. The van der Waals surface area contributed by atoms with E-state index >= 15 is 0 Å². The van der Waals surface area contributed by atoms with Crippen molar-refractivity contribution in [2.75, 3.05) is 6.61 Å². The Labute approximate surface area is 322 Å². The molecule has 0 aliphatic carbocycles. The highest BCUT2D eigenvalue weighted by Crippen LogP contribution is 2.45. The topological polar surface area (TPSA) is 143 Å². The van der Waals surface area contributed by atoms with Gasteiger partial charge in [0.1, 0.15) is 33.5 Å². The lowest BCUT2D eigenvalue weighted by Gasteiger charge is -2.26. The summed E-state index contributed by atoms with van der Waals surface area (Å²) in [6.45, 7) is 12.7. The number of aromatic nitrogens is 3. The van der Waals surface area contributed by atoms with Crippen molar-refractivity contribution >= 4 is 41.1 Å². The Balaban J connectivity index is 1.69. The fraction of sp³-hybridized carbons (Fsp3) is 0.350. The minimum atomic E-state index is -0.742. The molecule has 284 valence electrons. The van der Waals surface area contributed by atoms with Crippen LogP contribution in [-0.2, 0) is 33.7 Å². The summed E-state index contributed by atoms with van der Waals surface area (Å²) in [6, 6.07) is 18.9. The first-order valence-corrected chi connectivity index (χ1v) is 19.2. The number of thiophene rings is 1. The van der Waals surface area contributed by atoms with E-state index in [1.807, 2.05) is 44.2 Å². The Bertz CT molecular complexity index is 2080. The summed E-state index contributed by atoms with van der Waals surface area (Å²) in [5.74, 6) is -1.31. The molecule has 3 aromatic heterocycles. The molecule has 0 spiro atoms. The van der Waals surface area contributed by atoms with Crippen molar-refractivity contribution in [2.45, 2.75) is 83.9 Å². The average Bonchev–Trinajstić information content (AvgIpc) is 3.79. The number of halogens is 1. The van der Waals surface area contributed by atoms with Crippen LogP contribution >= 0.6 is 23.1 Å². The van der Waals surface area contributed by atoms with E-state index in [0.29, 0.717) is 39.4 Å². The van der Waals surface area contributed by atoms with E-state index in [-0.39, 0.29) is 47.3 Å². The monoisotopic (exact) mass is 774 g/mol. The number of hydrogen-bond donors (Lipinski definition) is 1. The van der Waals surface area contributed by atoms with Crippen molar-refractivity contribution in [3.05, 3.63) is 106 Å². The van der Waals surface area contributed by atoms with Crippen molar-refractivity contribution in [1.82, 2.24) is 20.5 Å². The van der Waals surface area contributed by atoms with Crippen LogP contribution in [0.4, 0.5) is 9.18 Å².